The highest BCUT2D eigenvalue weighted by atomic mass is 35.5. The predicted octanol–water partition coefficient (Wildman–Crippen LogP) is 2.14. The molecule has 0 bridgehead atoms. The molecule has 0 radical (unpaired) electrons. The molecule has 1 amide bonds. The van der Waals surface area contributed by atoms with Gasteiger partial charge in [-0.3, -0.25) is 4.79 Å². The van der Waals surface area contributed by atoms with E-state index in [1.165, 1.54) is 25.9 Å². The van der Waals surface area contributed by atoms with E-state index in [1.807, 2.05) is 0 Å². The summed E-state index contributed by atoms with van der Waals surface area (Å²) in [6.07, 6.45) is 3.56. The largest absolute Gasteiger partial charge is 0.397 e. The molecule has 1 saturated heterocycles. The number of halogens is 1. The van der Waals surface area contributed by atoms with Crippen LogP contribution in [0.25, 0.3) is 0 Å². The first kappa shape index (κ1) is 14.2. The summed E-state index contributed by atoms with van der Waals surface area (Å²) in [5.41, 5.74) is 6.59. The Hall–Kier alpha value is -1.26. The summed E-state index contributed by atoms with van der Waals surface area (Å²) in [5, 5.41) is 3.31. The zero-order valence-corrected chi connectivity index (χ0v) is 11.7. The highest BCUT2D eigenvalue weighted by molar-refractivity contribution is 6.33. The monoisotopic (exact) mass is 281 g/mol. The van der Waals surface area contributed by atoms with Crippen LogP contribution in [-0.2, 0) is 0 Å². The minimum absolute atomic E-state index is 0.151. The molecule has 2 rings (SSSR count). The van der Waals surface area contributed by atoms with E-state index in [0.29, 0.717) is 22.8 Å². The number of hydrogen-bond acceptors (Lipinski definition) is 3. The normalized spacial score (nSPS) is 15.6. The van der Waals surface area contributed by atoms with Crippen LogP contribution in [0, 0.1) is 0 Å². The van der Waals surface area contributed by atoms with E-state index in [4.69, 9.17) is 17.3 Å². The van der Waals surface area contributed by atoms with Crippen molar-refractivity contribution in [1.82, 2.24) is 10.2 Å². The fourth-order valence-corrected chi connectivity index (χ4v) is 2.52. The summed E-state index contributed by atoms with van der Waals surface area (Å²) < 4.78 is 0. The van der Waals surface area contributed by atoms with Crippen molar-refractivity contribution in [1.29, 1.82) is 0 Å². The molecule has 104 valence electrons. The van der Waals surface area contributed by atoms with Crippen LogP contribution >= 0.6 is 11.6 Å². The maximum atomic E-state index is 12.0. The first-order valence-corrected chi connectivity index (χ1v) is 7.11. The Balaban J connectivity index is 1.76. The molecule has 3 N–H and O–H groups in total. The number of carbonyl (C=O) groups is 1. The lowest BCUT2D eigenvalue weighted by molar-refractivity contribution is 0.0953. The average molecular weight is 282 g/mol. The number of likely N-dealkylation sites (tertiary alicyclic amines) is 1. The van der Waals surface area contributed by atoms with E-state index < -0.39 is 0 Å². The molecule has 0 aliphatic carbocycles. The lowest BCUT2D eigenvalue weighted by atomic mass is 10.1. The van der Waals surface area contributed by atoms with E-state index >= 15 is 0 Å². The molecule has 19 heavy (non-hydrogen) atoms. The van der Waals surface area contributed by atoms with Crippen molar-refractivity contribution < 1.29 is 4.79 Å². The van der Waals surface area contributed by atoms with Gasteiger partial charge < -0.3 is 16.0 Å². The van der Waals surface area contributed by atoms with Gasteiger partial charge in [0.05, 0.1) is 16.3 Å². The maximum absolute atomic E-state index is 12.0. The van der Waals surface area contributed by atoms with Gasteiger partial charge in [0.15, 0.2) is 0 Å². The predicted molar refractivity (Wildman–Crippen MR) is 78.5 cm³/mol. The Labute approximate surface area is 118 Å². The molecule has 1 aromatic rings. The number of hydrogen-bond donors (Lipinski definition) is 2. The summed E-state index contributed by atoms with van der Waals surface area (Å²) >= 11 is 5.89. The first-order chi connectivity index (χ1) is 9.18. The van der Waals surface area contributed by atoms with Gasteiger partial charge in [0.2, 0.25) is 0 Å². The standard InChI is InChI=1S/C14H20ClN3O/c15-12-6-3-5-11(13(12)16)14(19)17-7-4-10-18-8-1-2-9-18/h3,5-6H,1-2,4,7-10,16H2,(H,17,19). The van der Waals surface area contributed by atoms with E-state index in [0.717, 1.165) is 13.0 Å². The summed E-state index contributed by atoms with van der Waals surface area (Å²) in [6, 6.07) is 5.11. The zero-order chi connectivity index (χ0) is 13.7. The smallest absolute Gasteiger partial charge is 0.253 e. The molecule has 0 unspecified atom stereocenters. The fraction of sp³-hybridized carbons (Fsp3) is 0.500. The van der Waals surface area contributed by atoms with Crippen LogP contribution in [0.1, 0.15) is 29.6 Å². The average Bonchev–Trinajstić information content (AvgIpc) is 2.91. The number of carbonyl (C=O) groups excluding carboxylic acids is 1. The zero-order valence-electron chi connectivity index (χ0n) is 11.0. The van der Waals surface area contributed by atoms with Crippen molar-refractivity contribution in [3.05, 3.63) is 28.8 Å². The molecule has 0 atom stereocenters. The number of nitrogens with one attached hydrogen (secondary N) is 1. The van der Waals surface area contributed by atoms with Crippen LogP contribution in [0.15, 0.2) is 18.2 Å². The van der Waals surface area contributed by atoms with Gasteiger partial charge in [0.1, 0.15) is 0 Å². The van der Waals surface area contributed by atoms with Gasteiger partial charge in [0.25, 0.3) is 5.91 Å². The Kier molecular flexibility index (Phi) is 5.05. The second-order valence-electron chi connectivity index (χ2n) is 4.86. The highest BCUT2D eigenvalue weighted by Gasteiger charge is 2.12. The third kappa shape index (κ3) is 3.85. The highest BCUT2D eigenvalue weighted by Crippen LogP contribution is 2.22. The van der Waals surface area contributed by atoms with Crippen molar-refractivity contribution in [2.45, 2.75) is 19.3 Å². The lowest BCUT2D eigenvalue weighted by Gasteiger charge is -2.14. The van der Waals surface area contributed by atoms with E-state index in [2.05, 4.69) is 10.2 Å². The molecular weight excluding hydrogens is 262 g/mol. The molecule has 1 fully saturated rings. The van der Waals surface area contributed by atoms with Crippen molar-refractivity contribution in [2.75, 3.05) is 31.9 Å². The molecule has 0 saturated carbocycles. The Bertz CT molecular complexity index is 444. The van der Waals surface area contributed by atoms with Gasteiger partial charge >= 0.3 is 0 Å². The molecule has 1 aliphatic heterocycles. The molecule has 4 nitrogen and oxygen atoms in total. The number of para-hydroxylation sites is 1. The second-order valence-corrected chi connectivity index (χ2v) is 5.27. The number of amides is 1. The molecular formula is C14H20ClN3O. The van der Waals surface area contributed by atoms with Crippen LogP contribution in [0.4, 0.5) is 5.69 Å². The van der Waals surface area contributed by atoms with Crippen LogP contribution in [0.3, 0.4) is 0 Å². The first-order valence-electron chi connectivity index (χ1n) is 6.73. The Morgan fingerprint density at radius 3 is 2.84 bits per heavy atom. The number of nitrogens with two attached hydrogens (primary N) is 1. The summed E-state index contributed by atoms with van der Waals surface area (Å²) in [6.45, 7) is 4.09. The van der Waals surface area contributed by atoms with Crippen LogP contribution < -0.4 is 11.1 Å². The summed E-state index contributed by atoms with van der Waals surface area (Å²) in [7, 11) is 0. The van der Waals surface area contributed by atoms with Gasteiger partial charge in [0, 0.05) is 6.54 Å². The van der Waals surface area contributed by atoms with Crippen molar-refractivity contribution in [2.24, 2.45) is 0 Å². The van der Waals surface area contributed by atoms with E-state index in [-0.39, 0.29) is 5.91 Å². The van der Waals surface area contributed by atoms with Crippen molar-refractivity contribution in [3.8, 4) is 0 Å². The Morgan fingerprint density at radius 2 is 2.11 bits per heavy atom. The lowest BCUT2D eigenvalue weighted by Crippen LogP contribution is -2.29. The van der Waals surface area contributed by atoms with E-state index in [9.17, 15) is 4.79 Å². The van der Waals surface area contributed by atoms with Crippen molar-refractivity contribution >= 4 is 23.2 Å². The van der Waals surface area contributed by atoms with Gasteiger partial charge in [-0.1, -0.05) is 17.7 Å². The minimum Gasteiger partial charge on any atom is -0.397 e. The number of anilines is 1. The third-order valence-corrected chi connectivity index (χ3v) is 3.76. The topological polar surface area (TPSA) is 58.4 Å². The van der Waals surface area contributed by atoms with Crippen LogP contribution in [-0.4, -0.2) is 37.0 Å². The van der Waals surface area contributed by atoms with Gasteiger partial charge in [-0.15, -0.1) is 0 Å². The fourth-order valence-electron chi connectivity index (χ4n) is 2.34. The maximum Gasteiger partial charge on any atom is 0.253 e. The van der Waals surface area contributed by atoms with Crippen LogP contribution in [0.2, 0.25) is 5.02 Å². The third-order valence-electron chi connectivity index (χ3n) is 3.43. The second kappa shape index (κ2) is 6.78. The SMILES string of the molecule is Nc1c(Cl)cccc1C(=O)NCCCN1CCCC1. The Morgan fingerprint density at radius 1 is 1.37 bits per heavy atom. The summed E-state index contributed by atoms with van der Waals surface area (Å²) in [4.78, 5) is 14.4. The van der Waals surface area contributed by atoms with Gasteiger partial charge in [-0.25, -0.2) is 0 Å². The number of nitrogens with zero attached hydrogens (tertiary/aromatic N) is 1. The van der Waals surface area contributed by atoms with Gasteiger partial charge in [-0.05, 0) is 51.0 Å². The molecule has 1 heterocycles. The summed E-state index contributed by atoms with van der Waals surface area (Å²) in [5.74, 6) is -0.151. The molecule has 1 aromatic carbocycles. The molecule has 0 aromatic heterocycles. The van der Waals surface area contributed by atoms with Crippen LogP contribution in [0.5, 0.6) is 0 Å². The number of rotatable bonds is 5. The molecule has 0 spiro atoms. The quantitative estimate of drug-likeness (QED) is 0.642. The number of benzene rings is 1. The number of nitrogen functional groups attached to an aromatic ring is 1. The molecule has 5 heteroatoms. The minimum atomic E-state index is -0.151. The van der Waals surface area contributed by atoms with E-state index in [1.54, 1.807) is 18.2 Å². The van der Waals surface area contributed by atoms with Crippen molar-refractivity contribution in [3.63, 3.8) is 0 Å². The van der Waals surface area contributed by atoms with Gasteiger partial charge in [-0.2, -0.15) is 0 Å². The molecule has 1 aliphatic rings.